The van der Waals surface area contributed by atoms with Crippen LogP contribution in [0.4, 0.5) is 5.13 Å². The third-order valence-electron chi connectivity index (χ3n) is 3.60. The van der Waals surface area contributed by atoms with Crippen molar-refractivity contribution in [1.82, 2.24) is 20.4 Å². The number of aryl methyl sites for hydroxylation is 1. The zero-order chi connectivity index (χ0) is 17.3. The topological polar surface area (TPSA) is 104 Å². The van der Waals surface area contributed by atoms with Crippen LogP contribution >= 0.6 is 23.1 Å². The Morgan fingerprint density at radius 1 is 1.33 bits per heavy atom. The SMILES string of the molecule is CSc1nnc(NC(=O)c2cc(-c3ccc(C)c(C)c3O)n[nH]2)s1. The highest BCUT2D eigenvalue weighted by molar-refractivity contribution is 8.00. The minimum absolute atomic E-state index is 0.169. The first-order valence-electron chi connectivity index (χ1n) is 7.03. The Labute approximate surface area is 146 Å². The van der Waals surface area contributed by atoms with Crippen molar-refractivity contribution in [3.63, 3.8) is 0 Å². The first-order valence-corrected chi connectivity index (χ1v) is 9.07. The summed E-state index contributed by atoms with van der Waals surface area (Å²) in [6.07, 6.45) is 1.89. The van der Waals surface area contributed by atoms with Gasteiger partial charge >= 0.3 is 0 Å². The number of hydrogen-bond acceptors (Lipinski definition) is 7. The predicted molar refractivity (Wildman–Crippen MR) is 94.8 cm³/mol. The lowest BCUT2D eigenvalue weighted by Crippen LogP contribution is -2.12. The molecular formula is C15H15N5O2S2. The van der Waals surface area contributed by atoms with Crippen molar-refractivity contribution >= 4 is 34.1 Å². The van der Waals surface area contributed by atoms with Gasteiger partial charge in [-0.05, 0) is 43.4 Å². The molecular weight excluding hydrogens is 346 g/mol. The number of amides is 1. The highest BCUT2D eigenvalue weighted by Gasteiger charge is 2.16. The smallest absolute Gasteiger partial charge is 0.275 e. The van der Waals surface area contributed by atoms with E-state index in [9.17, 15) is 9.90 Å². The van der Waals surface area contributed by atoms with Crippen molar-refractivity contribution in [2.24, 2.45) is 0 Å². The van der Waals surface area contributed by atoms with Crippen LogP contribution in [0.3, 0.4) is 0 Å². The molecule has 9 heteroatoms. The predicted octanol–water partition coefficient (Wildman–Crippen LogP) is 3.22. The number of phenols is 1. The minimum Gasteiger partial charge on any atom is -0.507 e. The zero-order valence-corrected chi connectivity index (χ0v) is 14.9. The molecule has 0 atom stereocenters. The second-order valence-corrected chi connectivity index (χ2v) is 7.13. The number of aromatic hydroxyl groups is 1. The fourth-order valence-corrected chi connectivity index (χ4v) is 3.26. The molecule has 0 bridgehead atoms. The second kappa shape index (κ2) is 6.62. The van der Waals surface area contributed by atoms with Gasteiger partial charge in [-0.15, -0.1) is 10.2 Å². The van der Waals surface area contributed by atoms with E-state index in [2.05, 4.69) is 25.7 Å². The van der Waals surface area contributed by atoms with E-state index in [0.29, 0.717) is 16.4 Å². The van der Waals surface area contributed by atoms with Gasteiger partial charge in [-0.2, -0.15) is 5.10 Å². The third-order valence-corrected chi connectivity index (χ3v) is 5.42. The molecule has 2 heterocycles. The number of nitrogens with zero attached hydrogens (tertiary/aromatic N) is 3. The summed E-state index contributed by atoms with van der Waals surface area (Å²) in [7, 11) is 0. The summed E-state index contributed by atoms with van der Waals surface area (Å²) in [4.78, 5) is 12.2. The van der Waals surface area contributed by atoms with Gasteiger partial charge in [-0.1, -0.05) is 29.2 Å². The van der Waals surface area contributed by atoms with Gasteiger partial charge in [0.25, 0.3) is 5.91 Å². The Balaban J connectivity index is 1.82. The molecule has 0 saturated heterocycles. The lowest BCUT2D eigenvalue weighted by molar-refractivity contribution is 0.102. The molecule has 3 N–H and O–H groups in total. The van der Waals surface area contributed by atoms with Gasteiger partial charge in [0.15, 0.2) is 4.34 Å². The largest absolute Gasteiger partial charge is 0.507 e. The summed E-state index contributed by atoms with van der Waals surface area (Å²) in [5.41, 5.74) is 3.14. The monoisotopic (exact) mass is 361 g/mol. The van der Waals surface area contributed by atoms with Gasteiger partial charge in [-0.25, -0.2) is 0 Å². The molecule has 0 aliphatic heterocycles. The van der Waals surface area contributed by atoms with Crippen molar-refractivity contribution in [2.45, 2.75) is 18.2 Å². The van der Waals surface area contributed by atoms with Crippen LogP contribution in [0, 0.1) is 13.8 Å². The van der Waals surface area contributed by atoms with E-state index >= 15 is 0 Å². The van der Waals surface area contributed by atoms with E-state index in [1.54, 1.807) is 12.1 Å². The number of carbonyl (C=O) groups excluding carboxylic acids is 1. The Bertz CT molecular complexity index is 903. The average molecular weight is 361 g/mol. The Hall–Kier alpha value is -2.39. The fraction of sp³-hybridized carbons (Fsp3) is 0.200. The molecule has 0 saturated carbocycles. The van der Waals surface area contributed by atoms with E-state index < -0.39 is 0 Å². The molecule has 0 aliphatic rings. The van der Waals surface area contributed by atoms with Crippen molar-refractivity contribution in [1.29, 1.82) is 0 Å². The highest BCUT2D eigenvalue weighted by atomic mass is 32.2. The number of aromatic amines is 1. The van der Waals surface area contributed by atoms with Gasteiger partial charge in [0.2, 0.25) is 5.13 Å². The molecule has 2 aromatic heterocycles. The van der Waals surface area contributed by atoms with Crippen molar-refractivity contribution in [2.75, 3.05) is 11.6 Å². The zero-order valence-electron chi connectivity index (χ0n) is 13.2. The molecule has 124 valence electrons. The Kier molecular flexibility index (Phi) is 4.54. The van der Waals surface area contributed by atoms with Gasteiger partial charge in [-0.3, -0.25) is 15.2 Å². The number of benzene rings is 1. The van der Waals surface area contributed by atoms with Crippen LogP contribution in [0.15, 0.2) is 22.5 Å². The molecule has 0 spiro atoms. The Morgan fingerprint density at radius 2 is 2.12 bits per heavy atom. The summed E-state index contributed by atoms with van der Waals surface area (Å²) in [6, 6.07) is 5.28. The van der Waals surface area contributed by atoms with E-state index in [0.717, 1.165) is 15.5 Å². The molecule has 24 heavy (non-hydrogen) atoms. The summed E-state index contributed by atoms with van der Waals surface area (Å²) < 4.78 is 0.774. The van der Waals surface area contributed by atoms with Crippen LogP contribution in [0.5, 0.6) is 5.75 Å². The summed E-state index contributed by atoms with van der Waals surface area (Å²) in [5, 5.41) is 28.0. The second-order valence-electron chi connectivity index (χ2n) is 5.10. The molecule has 3 rings (SSSR count). The number of nitrogens with one attached hydrogen (secondary N) is 2. The quantitative estimate of drug-likeness (QED) is 0.487. The number of phenolic OH excluding ortho intramolecular Hbond substituents is 1. The summed E-state index contributed by atoms with van der Waals surface area (Å²) in [6.45, 7) is 3.76. The van der Waals surface area contributed by atoms with Crippen LogP contribution in [0.2, 0.25) is 0 Å². The highest BCUT2D eigenvalue weighted by Crippen LogP contribution is 2.32. The van der Waals surface area contributed by atoms with Crippen molar-refractivity contribution < 1.29 is 9.90 Å². The van der Waals surface area contributed by atoms with Gasteiger partial charge in [0.1, 0.15) is 11.4 Å². The van der Waals surface area contributed by atoms with E-state index in [1.807, 2.05) is 26.2 Å². The van der Waals surface area contributed by atoms with E-state index in [4.69, 9.17) is 0 Å². The fourth-order valence-electron chi connectivity index (χ4n) is 2.09. The molecule has 1 aromatic carbocycles. The van der Waals surface area contributed by atoms with Gasteiger partial charge in [0, 0.05) is 5.56 Å². The number of hydrogen-bond donors (Lipinski definition) is 3. The summed E-state index contributed by atoms with van der Waals surface area (Å²) in [5.74, 6) is -0.192. The normalized spacial score (nSPS) is 10.8. The standard InChI is InChI=1S/C15H15N5O2S2/c1-7-4-5-9(12(21)8(7)2)10-6-11(18-17-10)13(22)16-14-19-20-15(23-3)24-14/h4-6,21H,1-3H3,(H,17,18)(H,16,19,22). The van der Waals surface area contributed by atoms with Crippen LogP contribution in [-0.4, -0.2) is 37.7 Å². The van der Waals surface area contributed by atoms with Crippen LogP contribution in [-0.2, 0) is 0 Å². The van der Waals surface area contributed by atoms with Crippen LogP contribution < -0.4 is 5.32 Å². The lowest BCUT2D eigenvalue weighted by atomic mass is 10.0. The van der Waals surface area contributed by atoms with Crippen LogP contribution in [0.1, 0.15) is 21.6 Å². The number of carbonyl (C=O) groups is 1. The lowest BCUT2D eigenvalue weighted by Gasteiger charge is -2.07. The molecule has 3 aromatic rings. The molecule has 0 aliphatic carbocycles. The minimum atomic E-state index is -0.360. The first kappa shape index (κ1) is 16.5. The molecule has 0 fully saturated rings. The first-order chi connectivity index (χ1) is 11.5. The number of thioether (sulfide) groups is 1. The Morgan fingerprint density at radius 3 is 2.83 bits per heavy atom. The third kappa shape index (κ3) is 3.13. The van der Waals surface area contributed by atoms with Crippen molar-refractivity contribution in [3.05, 3.63) is 35.0 Å². The maximum atomic E-state index is 12.2. The summed E-state index contributed by atoms with van der Waals surface area (Å²) >= 11 is 2.76. The number of H-pyrrole nitrogens is 1. The molecule has 1 amide bonds. The van der Waals surface area contributed by atoms with Crippen LogP contribution in [0.25, 0.3) is 11.3 Å². The number of anilines is 1. The maximum absolute atomic E-state index is 12.2. The number of aromatic nitrogens is 4. The number of rotatable bonds is 4. The van der Waals surface area contributed by atoms with E-state index in [1.165, 1.54) is 23.1 Å². The van der Waals surface area contributed by atoms with Crippen molar-refractivity contribution in [3.8, 4) is 17.0 Å². The van der Waals surface area contributed by atoms with Gasteiger partial charge < -0.3 is 5.11 Å². The molecule has 0 unspecified atom stereocenters. The molecule has 7 nitrogen and oxygen atoms in total. The van der Waals surface area contributed by atoms with E-state index in [-0.39, 0.29) is 17.4 Å². The molecule has 0 radical (unpaired) electrons. The average Bonchev–Trinajstić information content (AvgIpc) is 3.22. The maximum Gasteiger partial charge on any atom is 0.275 e. The van der Waals surface area contributed by atoms with Gasteiger partial charge in [0.05, 0.1) is 5.69 Å².